The molecule has 0 radical (unpaired) electrons. The van der Waals surface area contributed by atoms with Crippen molar-refractivity contribution in [1.82, 2.24) is 0 Å². The molecule has 0 aromatic heterocycles. The normalized spacial score (nSPS) is 11.1. The third-order valence-corrected chi connectivity index (χ3v) is 2.42. The van der Waals surface area contributed by atoms with Crippen LogP contribution in [0.5, 0.6) is 5.75 Å². The fourth-order valence-electron chi connectivity index (χ4n) is 1.40. The summed E-state index contributed by atoms with van der Waals surface area (Å²) in [6.07, 6.45) is 0.447. The van der Waals surface area contributed by atoms with Gasteiger partial charge < -0.3 is 20.3 Å². The first-order chi connectivity index (χ1) is 8.35. The van der Waals surface area contributed by atoms with E-state index in [9.17, 15) is 9.90 Å². The monoisotopic (exact) mass is 253 g/mol. The lowest BCUT2D eigenvalue weighted by Gasteiger charge is -2.18. The van der Waals surface area contributed by atoms with E-state index in [1.165, 1.54) is 7.11 Å². The van der Waals surface area contributed by atoms with Gasteiger partial charge in [0.05, 0.1) is 19.3 Å². The Hall–Kier alpha value is -1.75. The van der Waals surface area contributed by atoms with Gasteiger partial charge in [0.1, 0.15) is 11.3 Å². The van der Waals surface area contributed by atoms with Crippen LogP contribution in [0.4, 0.5) is 5.69 Å². The lowest BCUT2D eigenvalue weighted by atomic mass is 10.1. The first-order valence-electron chi connectivity index (χ1n) is 5.67. The molecule has 0 saturated carbocycles. The number of carbonyl (C=O) groups is 1. The van der Waals surface area contributed by atoms with Crippen LogP contribution in [0.1, 0.15) is 30.6 Å². The number of hydrogen-bond donors (Lipinski definition) is 2. The molecule has 0 bridgehead atoms. The van der Waals surface area contributed by atoms with E-state index >= 15 is 0 Å². The first kappa shape index (κ1) is 14.3. The van der Waals surface area contributed by atoms with Crippen LogP contribution in [0.15, 0.2) is 18.2 Å². The van der Waals surface area contributed by atoms with Gasteiger partial charge in [-0.15, -0.1) is 0 Å². The van der Waals surface area contributed by atoms with Crippen LogP contribution in [0, 0.1) is 0 Å². The van der Waals surface area contributed by atoms with Gasteiger partial charge in [0.2, 0.25) is 0 Å². The van der Waals surface area contributed by atoms with Gasteiger partial charge in [-0.3, -0.25) is 0 Å². The van der Waals surface area contributed by atoms with Gasteiger partial charge in [-0.05, 0) is 26.0 Å². The summed E-state index contributed by atoms with van der Waals surface area (Å²) < 4.78 is 10.1. The fraction of sp³-hybridized carbons (Fsp3) is 0.462. The maximum Gasteiger partial charge on any atom is 0.343 e. The van der Waals surface area contributed by atoms with Crippen molar-refractivity contribution < 1.29 is 19.4 Å². The molecule has 0 aliphatic heterocycles. The number of nitrogen functional groups attached to an aromatic ring is 1. The van der Waals surface area contributed by atoms with Crippen molar-refractivity contribution in [3.05, 3.63) is 23.8 Å². The Morgan fingerprint density at radius 1 is 1.44 bits per heavy atom. The second kappa shape index (κ2) is 5.73. The molecule has 1 rings (SSSR count). The number of rotatable bonds is 5. The summed E-state index contributed by atoms with van der Waals surface area (Å²) >= 11 is 0. The second-order valence-corrected chi connectivity index (χ2v) is 4.62. The van der Waals surface area contributed by atoms with Crippen molar-refractivity contribution in [3.8, 4) is 5.75 Å². The van der Waals surface area contributed by atoms with Crippen LogP contribution < -0.4 is 10.5 Å². The van der Waals surface area contributed by atoms with E-state index in [4.69, 9.17) is 10.5 Å². The molecule has 0 aliphatic carbocycles. The van der Waals surface area contributed by atoms with Crippen LogP contribution in [0.2, 0.25) is 0 Å². The Bertz CT molecular complexity index is 423. The quantitative estimate of drug-likeness (QED) is 0.615. The second-order valence-electron chi connectivity index (χ2n) is 4.62. The molecule has 0 aliphatic rings. The molecule has 5 heteroatoms. The minimum atomic E-state index is -0.814. The molecule has 0 unspecified atom stereocenters. The Balaban J connectivity index is 2.82. The van der Waals surface area contributed by atoms with E-state index < -0.39 is 11.6 Å². The summed E-state index contributed by atoms with van der Waals surface area (Å²) in [6, 6.07) is 4.95. The molecule has 0 atom stereocenters. The summed E-state index contributed by atoms with van der Waals surface area (Å²) in [5.74, 6) is -0.169. The van der Waals surface area contributed by atoms with Crippen LogP contribution in [0.3, 0.4) is 0 Å². The topological polar surface area (TPSA) is 81.8 Å². The van der Waals surface area contributed by atoms with Crippen molar-refractivity contribution in [2.75, 3.05) is 19.5 Å². The van der Waals surface area contributed by atoms with Crippen LogP contribution >= 0.6 is 0 Å². The molecule has 0 amide bonds. The molecule has 18 heavy (non-hydrogen) atoms. The molecule has 0 saturated heterocycles. The van der Waals surface area contributed by atoms with Crippen molar-refractivity contribution in [2.45, 2.75) is 25.9 Å². The molecule has 3 N–H and O–H groups in total. The highest BCUT2D eigenvalue weighted by atomic mass is 16.5. The van der Waals surface area contributed by atoms with Gasteiger partial charge in [-0.25, -0.2) is 4.79 Å². The fourth-order valence-corrected chi connectivity index (χ4v) is 1.40. The lowest BCUT2D eigenvalue weighted by molar-refractivity contribution is 0.0540. The summed E-state index contributed by atoms with van der Waals surface area (Å²) in [5.41, 5.74) is 5.44. The number of aliphatic hydroxyl groups is 1. The Morgan fingerprint density at radius 3 is 2.67 bits per heavy atom. The highest BCUT2D eigenvalue weighted by Crippen LogP contribution is 2.25. The Labute approximate surface area is 107 Å². The minimum absolute atomic E-state index is 0.218. The van der Waals surface area contributed by atoms with E-state index in [0.717, 1.165) is 0 Å². The highest BCUT2D eigenvalue weighted by molar-refractivity contribution is 5.98. The van der Waals surface area contributed by atoms with E-state index in [1.54, 1.807) is 32.0 Å². The van der Waals surface area contributed by atoms with Crippen molar-refractivity contribution >= 4 is 11.7 Å². The lowest BCUT2D eigenvalue weighted by Crippen LogP contribution is -2.22. The van der Waals surface area contributed by atoms with Gasteiger partial charge >= 0.3 is 5.97 Å². The van der Waals surface area contributed by atoms with E-state index in [-0.39, 0.29) is 12.2 Å². The first-order valence-corrected chi connectivity index (χ1v) is 5.67. The zero-order valence-electron chi connectivity index (χ0n) is 10.9. The number of esters is 1. The number of ether oxygens (including phenoxy) is 2. The standard InChI is InChI=1S/C13H19NO4/c1-13(2,16)7-8-18-10-6-4-5-9(14)11(10)12(15)17-3/h4-6,16H,7-8,14H2,1-3H3. The Kier molecular flexibility index (Phi) is 4.55. The SMILES string of the molecule is COC(=O)c1c(N)cccc1OCCC(C)(C)O. The molecule has 0 spiro atoms. The summed E-state index contributed by atoms with van der Waals surface area (Å²) in [4.78, 5) is 11.6. The molecular formula is C13H19NO4. The molecule has 5 nitrogen and oxygen atoms in total. The smallest absolute Gasteiger partial charge is 0.343 e. The molecule has 0 fully saturated rings. The number of hydrogen-bond acceptors (Lipinski definition) is 5. The largest absolute Gasteiger partial charge is 0.492 e. The van der Waals surface area contributed by atoms with Gasteiger partial charge in [0, 0.05) is 12.1 Å². The van der Waals surface area contributed by atoms with E-state index in [0.29, 0.717) is 17.9 Å². The predicted octanol–water partition coefficient (Wildman–Crippen LogP) is 1.60. The summed E-state index contributed by atoms with van der Waals surface area (Å²) in [7, 11) is 1.29. The summed E-state index contributed by atoms with van der Waals surface area (Å²) in [6.45, 7) is 3.67. The maximum atomic E-state index is 11.6. The predicted molar refractivity (Wildman–Crippen MR) is 68.6 cm³/mol. The zero-order valence-corrected chi connectivity index (χ0v) is 10.9. The van der Waals surface area contributed by atoms with Crippen LogP contribution in [-0.2, 0) is 4.74 Å². The third-order valence-electron chi connectivity index (χ3n) is 2.42. The average Bonchev–Trinajstić information content (AvgIpc) is 2.26. The van der Waals surface area contributed by atoms with Crippen LogP contribution in [0.25, 0.3) is 0 Å². The zero-order chi connectivity index (χ0) is 13.8. The molecule has 1 aromatic carbocycles. The average molecular weight is 253 g/mol. The number of methoxy groups -OCH3 is 1. The maximum absolute atomic E-state index is 11.6. The van der Waals surface area contributed by atoms with Gasteiger partial charge in [0.15, 0.2) is 0 Å². The van der Waals surface area contributed by atoms with Crippen molar-refractivity contribution in [1.29, 1.82) is 0 Å². The minimum Gasteiger partial charge on any atom is -0.492 e. The van der Waals surface area contributed by atoms with E-state index in [1.807, 2.05) is 0 Å². The number of nitrogens with two attached hydrogens (primary N) is 1. The Morgan fingerprint density at radius 2 is 2.11 bits per heavy atom. The number of benzene rings is 1. The molecule has 1 aromatic rings. The van der Waals surface area contributed by atoms with E-state index in [2.05, 4.69) is 4.74 Å². The van der Waals surface area contributed by atoms with Gasteiger partial charge in [0.25, 0.3) is 0 Å². The van der Waals surface area contributed by atoms with Gasteiger partial charge in [-0.2, -0.15) is 0 Å². The summed E-state index contributed by atoms with van der Waals surface area (Å²) in [5, 5.41) is 9.58. The molecule has 0 heterocycles. The third kappa shape index (κ3) is 3.92. The molecular weight excluding hydrogens is 234 g/mol. The number of carbonyl (C=O) groups excluding carboxylic acids is 1. The van der Waals surface area contributed by atoms with Crippen LogP contribution in [-0.4, -0.2) is 30.4 Å². The molecule has 100 valence electrons. The highest BCUT2D eigenvalue weighted by Gasteiger charge is 2.18. The van der Waals surface area contributed by atoms with Crippen molar-refractivity contribution in [2.24, 2.45) is 0 Å². The number of anilines is 1. The van der Waals surface area contributed by atoms with Crippen molar-refractivity contribution in [3.63, 3.8) is 0 Å². The van der Waals surface area contributed by atoms with Gasteiger partial charge in [-0.1, -0.05) is 6.07 Å².